The first-order valence-corrected chi connectivity index (χ1v) is 8.84. The monoisotopic (exact) mass is 287 g/mol. The smallest absolute Gasteiger partial charge is 0.149 e. The van der Waals surface area contributed by atoms with Crippen molar-refractivity contribution < 1.29 is 8.42 Å². The van der Waals surface area contributed by atoms with Crippen LogP contribution in [0, 0.1) is 0 Å². The van der Waals surface area contributed by atoms with Crippen LogP contribution in [0.15, 0.2) is 6.20 Å². The van der Waals surface area contributed by atoms with E-state index in [1.165, 1.54) is 11.8 Å². The molecule has 1 aromatic rings. The molecule has 0 aromatic carbocycles. The fraction of sp³-hybridized carbons (Fsp3) is 0.769. The first-order chi connectivity index (χ1) is 8.83. The van der Waals surface area contributed by atoms with Gasteiger partial charge < -0.3 is 5.32 Å². The van der Waals surface area contributed by atoms with Crippen molar-refractivity contribution in [2.75, 3.05) is 12.0 Å². The van der Waals surface area contributed by atoms with Crippen molar-refractivity contribution in [3.63, 3.8) is 0 Å². The van der Waals surface area contributed by atoms with Crippen LogP contribution in [0.3, 0.4) is 0 Å². The summed E-state index contributed by atoms with van der Waals surface area (Å²) in [6.45, 7) is 7.55. The van der Waals surface area contributed by atoms with E-state index < -0.39 is 9.84 Å². The van der Waals surface area contributed by atoms with Crippen molar-refractivity contribution in [1.82, 2.24) is 15.1 Å². The van der Waals surface area contributed by atoms with Crippen LogP contribution >= 0.6 is 0 Å². The highest BCUT2D eigenvalue weighted by Crippen LogP contribution is 2.12. The highest BCUT2D eigenvalue weighted by Gasteiger charge is 2.12. The number of nitrogens with zero attached hydrogens (tertiary/aromatic N) is 2. The molecule has 19 heavy (non-hydrogen) atoms. The summed E-state index contributed by atoms with van der Waals surface area (Å²) in [5.41, 5.74) is 2.32. The highest BCUT2D eigenvalue weighted by molar-refractivity contribution is 7.90. The Kier molecular flexibility index (Phi) is 6.00. The molecule has 0 saturated heterocycles. The second kappa shape index (κ2) is 7.05. The van der Waals surface area contributed by atoms with Crippen LogP contribution in [-0.4, -0.2) is 36.2 Å². The summed E-state index contributed by atoms with van der Waals surface area (Å²) in [4.78, 5) is 0. The van der Waals surface area contributed by atoms with Crippen LogP contribution in [0.25, 0.3) is 0 Å². The van der Waals surface area contributed by atoms with Crippen LogP contribution in [0.2, 0.25) is 0 Å². The average Bonchev–Trinajstić information content (AvgIpc) is 2.66. The summed E-state index contributed by atoms with van der Waals surface area (Å²) in [6, 6.07) is 0.425. The van der Waals surface area contributed by atoms with Crippen LogP contribution < -0.4 is 5.32 Å². The van der Waals surface area contributed by atoms with Crippen molar-refractivity contribution in [3.05, 3.63) is 17.5 Å². The van der Waals surface area contributed by atoms with Crippen molar-refractivity contribution in [3.8, 4) is 0 Å². The van der Waals surface area contributed by atoms with Gasteiger partial charge in [0, 0.05) is 30.1 Å². The van der Waals surface area contributed by atoms with Gasteiger partial charge in [-0.3, -0.25) is 4.68 Å². The number of sulfone groups is 1. The van der Waals surface area contributed by atoms with Crippen molar-refractivity contribution in [2.24, 2.45) is 0 Å². The number of nitrogens with one attached hydrogen (secondary N) is 1. The molecule has 0 aliphatic carbocycles. The molecule has 0 spiro atoms. The molecule has 0 amide bonds. The quantitative estimate of drug-likeness (QED) is 0.784. The Morgan fingerprint density at radius 2 is 2.11 bits per heavy atom. The van der Waals surface area contributed by atoms with E-state index >= 15 is 0 Å². The molecule has 1 rings (SSSR count). The molecule has 6 heteroatoms. The molecule has 0 aliphatic heterocycles. The summed E-state index contributed by atoms with van der Waals surface area (Å²) < 4.78 is 24.3. The minimum Gasteiger partial charge on any atom is -0.310 e. The Morgan fingerprint density at radius 1 is 1.42 bits per heavy atom. The Labute approximate surface area is 116 Å². The Hall–Kier alpha value is -0.880. The number of hydrogen-bond donors (Lipinski definition) is 1. The fourth-order valence-corrected chi connectivity index (χ4v) is 2.39. The zero-order valence-electron chi connectivity index (χ0n) is 12.3. The Bertz CT molecular complexity index is 492. The third-order valence-electron chi connectivity index (χ3n) is 2.90. The van der Waals surface area contributed by atoms with Crippen molar-refractivity contribution in [1.29, 1.82) is 0 Å². The summed E-state index contributed by atoms with van der Waals surface area (Å²) in [5.74, 6) is 0.141. The van der Waals surface area contributed by atoms with E-state index in [0.29, 0.717) is 12.6 Å². The zero-order chi connectivity index (χ0) is 14.5. The predicted octanol–water partition coefficient (Wildman–Crippen LogP) is 1.38. The van der Waals surface area contributed by atoms with Gasteiger partial charge in [0.2, 0.25) is 0 Å². The molecule has 0 fully saturated rings. The van der Waals surface area contributed by atoms with Gasteiger partial charge in [-0.25, -0.2) is 8.42 Å². The van der Waals surface area contributed by atoms with Gasteiger partial charge in [0.1, 0.15) is 9.84 Å². The van der Waals surface area contributed by atoms with E-state index in [1.807, 2.05) is 10.9 Å². The van der Waals surface area contributed by atoms with E-state index in [0.717, 1.165) is 25.1 Å². The third kappa shape index (κ3) is 5.74. The van der Waals surface area contributed by atoms with Gasteiger partial charge in [0.05, 0.1) is 18.5 Å². The van der Waals surface area contributed by atoms with Gasteiger partial charge in [-0.2, -0.15) is 5.10 Å². The number of hydrogen-bond acceptors (Lipinski definition) is 4. The summed E-state index contributed by atoms with van der Waals surface area (Å²) in [5, 5.41) is 7.70. The maximum Gasteiger partial charge on any atom is 0.149 e. The van der Waals surface area contributed by atoms with Gasteiger partial charge in [0.25, 0.3) is 0 Å². The molecule has 0 radical (unpaired) electrons. The summed E-state index contributed by atoms with van der Waals surface area (Å²) >= 11 is 0. The standard InChI is InChI=1S/C13H25N3O2S/c1-5-6-13-12(9-14-11(2)3)10-15-16(13)7-8-19(4,17)18/h10-11,14H,5-9H2,1-4H3. The molecule has 0 saturated carbocycles. The minimum absolute atomic E-state index is 0.141. The van der Waals surface area contributed by atoms with Crippen LogP contribution in [-0.2, 0) is 29.3 Å². The first kappa shape index (κ1) is 16.2. The lowest BCUT2D eigenvalue weighted by Gasteiger charge is -2.11. The maximum absolute atomic E-state index is 11.2. The zero-order valence-corrected chi connectivity index (χ0v) is 13.1. The number of rotatable bonds is 8. The molecular formula is C13H25N3O2S. The van der Waals surface area contributed by atoms with Crippen LogP contribution in [0.5, 0.6) is 0 Å². The van der Waals surface area contributed by atoms with E-state index in [2.05, 4.69) is 31.2 Å². The molecule has 1 heterocycles. The lowest BCUT2D eigenvalue weighted by atomic mass is 10.1. The summed E-state index contributed by atoms with van der Waals surface area (Å²) in [6.07, 6.45) is 5.07. The fourth-order valence-electron chi connectivity index (χ4n) is 1.88. The lowest BCUT2D eigenvalue weighted by molar-refractivity contribution is 0.568. The van der Waals surface area contributed by atoms with Gasteiger partial charge in [0.15, 0.2) is 0 Å². The van der Waals surface area contributed by atoms with Gasteiger partial charge >= 0.3 is 0 Å². The minimum atomic E-state index is -2.95. The molecule has 1 N–H and O–H groups in total. The van der Waals surface area contributed by atoms with E-state index in [1.54, 1.807) is 0 Å². The normalized spacial score (nSPS) is 12.3. The Morgan fingerprint density at radius 3 is 2.63 bits per heavy atom. The second-order valence-corrected chi connectivity index (χ2v) is 7.51. The molecule has 5 nitrogen and oxygen atoms in total. The first-order valence-electron chi connectivity index (χ1n) is 6.78. The topological polar surface area (TPSA) is 64.0 Å². The molecule has 0 aliphatic rings. The third-order valence-corrected chi connectivity index (χ3v) is 3.82. The molecule has 0 atom stereocenters. The molecule has 1 aromatic heterocycles. The van der Waals surface area contributed by atoms with E-state index in [4.69, 9.17) is 0 Å². The number of aryl methyl sites for hydroxylation is 1. The average molecular weight is 287 g/mol. The van der Waals surface area contributed by atoms with Crippen LogP contribution in [0.1, 0.15) is 38.4 Å². The highest BCUT2D eigenvalue weighted by atomic mass is 32.2. The second-order valence-electron chi connectivity index (χ2n) is 5.26. The van der Waals surface area contributed by atoms with E-state index in [-0.39, 0.29) is 5.75 Å². The molecule has 110 valence electrons. The molecule has 0 unspecified atom stereocenters. The van der Waals surface area contributed by atoms with Gasteiger partial charge in [-0.15, -0.1) is 0 Å². The SMILES string of the molecule is CCCc1c(CNC(C)C)cnn1CCS(C)(=O)=O. The van der Waals surface area contributed by atoms with Gasteiger partial charge in [-0.05, 0) is 6.42 Å². The Balaban J connectivity index is 2.80. The lowest BCUT2D eigenvalue weighted by Crippen LogP contribution is -2.22. The summed E-state index contributed by atoms with van der Waals surface area (Å²) in [7, 11) is -2.95. The van der Waals surface area contributed by atoms with E-state index in [9.17, 15) is 8.42 Å². The largest absolute Gasteiger partial charge is 0.310 e. The van der Waals surface area contributed by atoms with Gasteiger partial charge in [-0.1, -0.05) is 27.2 Å². The van der Waals surface area contributed by atoms with Crippen LogP contribution in [0.4, 0.5) is 0 Å². The maximum atomic E-state index is 11.2. The number of aromatic nitrogens is 2. The molecule has 0 bridgehead atoms. The predicted molar refractivity (Wildman–Crippen MR) is 77.9 cm³/mol. The van der Waals surface area contributed by atoms with Crippen molar-refractivity contribution >= 4 is 9.84 Å². The van der Waals surface area contributed by atoms with Crippen molar-refractivity contribution in [2.45, 2.75) is 52.7 Å². The molecular weight excluding hydrogens is 262 g/mol.